The molecule has 1 atom stereocenters. The van der Waals surface area contributed by atoms with E-state index < -0.39 is 11.9 Å². The van der Waals surface area contributed by atoms with E-state index in [0.717, 1.165) is 10.9 Å². The van der Waals surface area contributed by atoms with Gasteiger partial charge in [-0.05, 0) is 39.0 Å². The van der Waals surface area contributed by atoms with E-state index in [0.29, 0.717) is 40.7 Å². The third-order valence-electron chi connectivity index (χ3n) is 6.12. The first kappa shape index (κ1) is 22.8. The van der Waals surface area contributed by atoms with Gasteiger partial charge in [0.1, 0.15) is 22.9 Å². The number of amides is 2. The third-order valence-corrected chi connectivity index (χ3v) is 6.36. The van der Waals surface area contributed by atoms with Crippen molar-refractivity contribution in [3.63, 3.8) is 0 Å². The van der Waals surface area contributed by atoms with Crippen LogP contribution in [0.25, 0.3) is 33.5 Å². The van der Waals surface area contributed by atoms with Crippen molar-refractivity contribution in [2.75, 3.05) is 13.1 Å². The predicted molar refractivity (Wildman–Crippen MR) is 131 cm³/mol. The number of likely N-dealkylation sites (tertiary alicyclic amines) is 1. The number of nitriles is 1. The quantitative estimate of drug-likeness (QED) is 0.441. The van der Waals surface area contributed by atoms with Crippen molar-refractivity contribution in [1.29, 1.82) is 5.26 Å². The number of H-pyrrole nitrogens is 1. The van der Waals surface area contributed by atoms with Gasteiger partial charge in [-0.15, -0.1) is 0 Å². The van der Waals surface area contributed by atoms with Crippen LogP contribution in [0, 0.1) is 17.2 Å². The summed E-state index contributed by atoms with van der Waals surface area (Å²) in [6, 6.07) is 7.06. The van der Waals surface area contributed by atoms with Crippen molar-refractivity contribution in [3.8, 4) is 17.5 Å². The maximum absolute atomic E-state index is 13.0. The van der Waals surface area contributed by atoms with E-state index in [1.807, 2.05) is 30.7 Å². The summed E-state index contributed by atoms with van der Waals surface area (Å²) in [4.78, 5) is 39.3. The van der Waals surface area contributed by atoms with Crippen LogP contribution in [0.4, 0.5) is 0 Å². The van der Waals surface area contributed by atoms with Crippen molar-refractivity contribution in [2.24, 2.45) is 5.92 Å². The van der Waals surface area contributed by atoms with Gasteiger partial charge in [0.05, 0.1) is 29.3 Å². The standard InChI is InChI=1S/C24H23ClN8O2/c1-12(2)33-19-6-15(25)4-5-16(19)20(31-33)18-9-28-22-21(30-18)17(8-27-22)23(34)29-13(3)24(35)32-10-14(7-26)11-32/h4-6,8-9,12-14H,10-11H2,1-3H3,(H,27,28)(H,29,34)/t13-/m1/s1. The summed E-state index contributed by atoms with van der Waals surface area (Å²) < 4.78 is 1.88. The molecule has 2 amide bonds. The van der Waals surface area contributed by atoms with E-state index in [9.17, 15) is 9.59 Å². The van der Waals surface area contributed by atoms with Gasteiger partial charge in [-0.1, -0.05) is 11.6 Å². The van der Waals surface area contributed by atoms with Gasteiger partial charge in [-0.3, -0.25) is 14.3 Å². The molecule has 2 N–H and O–H groups in total. The number of fused-ring (bicyclic) bond motifs is 2. The summed E-state index contributed by atoms with van der Waals surface area (Å²) in [6.45, 7) is 6.47. The molecule has 0 radical (unpaired) electrons. The van der Waals surface area contributed by atoms with Gasteiger partial charge in [0.25, 0.3) is 5.91 Å². The fraction of sp³-hybridized carbons (Fsp3) is 0.333. The molecular formula is C24H23ClN8O2. The number of nitrogens with one attached hydrogen (secondary N) is 2. The molecule has 178 valence electrons. The first-order valence-electron chi connectivity index (χ1n) is 11.3. The van der Waals surface area contributed by atoms with Gasteiger partial charge in [0.2, 0.25) is 5.91 Å². The van der Waals surface area contributed by atoms with Gasteiger partial charge < -0.3 is 15.2 Å². The van der Waals surface area contributed by atoms with Crippen LogP contribution in [0.3, 0.4) is 0 Å². The van der Waals surface area contributed by atoms with E-state index >= 15 is 0 Å². The molecule has 1 saturated heterocycles. The number of carbonyl (C=O) groups is 2. The second kappa shape index (κ2) is 8.67. The molecule has 11 heteroatoms. The zero-order valence-electron chi connectivity index (χ0n) is 19.4. The van der Waals surface area contributed by atoms with Gasteiger partial charge >= 0.3 is 0 Å². The molecule has 0 bridgehead atoms. The average molecular weight is 491 g/mol. The van der Waals surface area contributed by atoms with Crippen LogP contribution in [-0.4, -0.2) is 60.6 Å². The number of carbonyl (C=O) groups excluding carboxylic acids is 2. The zero-order valence-corrected chi connectivity index (χ0v) is 20.2. The number of hydrogen-bond acceptors (Lipinski definition) is 6. The van der Waals surface area contributed by atoms with Crippen LogP contribution in [0.15, 0.2) is 30.6 Å². The highest BCUT2D eigenvalue weighted by molar-refractivity contribution is 6.31. The Morgan fingerprint density at radius 3 is 2.77 bits per heavy atom. The Hall–Kier alpha value is -3.97. The topological polar surface area (TPSA) is 133 Å². The van der Waals surface area contributed by atoms with E-state index in [1.54, 1.807) is 24.1 Å². The lowest BCUT2D eigenvalue weighted by Gasteiger charge is -2.37. The first-order chi connectivity index (χ1) is 16.8. The van der Waals surface area contributed by atoms with Gasteiger partial charge in [-0.25, -0.2) is 9.97 Å². The number of halogens is 1. The summed E-state index contributed by atoms with van der Waals surface area (Å²) >= 11 is 6.22. The maximum Gasteiger partial charge on any atom is 0.255 e. The fourth-order valence-corrected chi connectivity index (χ4v) is 4.39. The Kier molecular flexibility index (Phi) is 5.65. The summed E-state index contributed by atoms with van der Waals surface area (Å²) in [7, 11) is 0. The molecular weight excluding hydrogens is 468 g/mol. The monoisotopic (exact) mass is 490 g/mol. The first-order valence-corrected chi connectivity index (χ1v) is 11.7. The number of rotatable bonds is 5. The van der Waals surface area contributed by atoms with Crippen molar-refractivity contribution in [1.82, 2.24) is 34.9 Å². The third kappa shape index (κ3) is 3.98. The van der Waals surface area contributed by atoms with Gasteiger partial charge in [0.15, 0.2) is 5.65 Å². The van der Waals surface area contributed by atoms with Crippen LogP contribution in [0.5, 0.6) is 0 Å². The number of benzene rings is 1. The lowest BCUT2D eigenvalue weighted by molar-refractivity contribution is -0.137. The maximum atomic E-state index is 13.0. The van der Waals surface area contributed by atoms with Crippen LogP contribution in [-0.2, 0) is 4.79 Å². The molecule has 35 heavy (non-hydrogen) atoms. The molecule has 5 rings (SSSR count). The fourth-order valence-electron chi connectivity index (χ4n) is 4.22. The van der Waals surface area contributed by atoms with Crippen molar-refractivity contribution in [2.45, 2.75) is 32.9 Å². The minimum Gasteiger partial charge on any atom is -0.344 e. The zero-order chi connectivity index (χ0) is 24.9. The minimum absolute atomic E-state index is 0.101. The van der Waals surface area contributed by atoms with Crippen LogP contribution >= 0.6 is 11.6 Å². The van der Waals surface area contributed by atoms with E-state index in [4.69, 9.17) is 26.9 Å². The molecule has 0 aliphatic carbocycles. The second-order valence-corrected chi connectivity index (χ2v) is 9.40. The van der Waals surface area contributed by atoms with E-state index in [2.05, 4.69) is 21.4 Å². The predicted octanol–water partition coefficient (Wildman–Crippen LogP) is 3.31. The number of aromatic nitrogens is 5. The Bertz CT molecular complexity index is 1510. The summed E-state index contributed by atoms with van der Waals surface area (Å²) in [5, 5.41) is 17.9. The largest absolute Gasteiger partial charge is 0.344 e. The van der Waals surface area contributed by atoms with Crippen LogP contribution < -0.4 is 5.32 Å². The molecule has 0 spiro atoms. The van der Waals surface area contributed by atoms with E-state index in [1.165, 1.54) is 6.20 Å². The Labute approximate surface area is 205 Å². The molecule has 3 aromatic heterocycles. The van der Waals surface area contributed by atoms with Gasteiger partial charge in [-0.2, -0.15) is 10.4 Å². The Balaban J connectivity index is 1.45. The average Bonchev–Trinajstić information content (AvgIpc) is 3.39. The lowest BCUT2D eigenvalue weighted by Crippen LogP contribution is -2.55. The lowest BCUT2D eigenvalue weighted by atomic mass is 10.0. The highest BCUT2D eigenvalue weighted by Gasteiger charge is 2.33. The number of hydrogen-bond donors (Lipinski definition) is 2. The second-order valence-electron chi connectivity index (χ2n) is 8.97. The Morgan fingerprint density at radius 2 is 2.06 bits per heavy atom. The molecule has 1 aliphatic heterocycles. The van der Waals surface area contributed by atoms with Crippen molar-refractivity contribution < 1.29 is 9.59 Å². The number of nitrogens with zero attached hydrogens (tertiary/aromatic N) is 6. The summed E-state index contributed by atoms with van der Waals surface area (Å²) in [5.41, 5.74) is 3.16. The Morgan fingerprint density at radius 1 is 1.29 bits per heavy atom. The molecule has 4 heterocycles. The van der Waals surface area contributed by atoms with E-state index in [-0.39, 0.29) is 23.4 Å². The van der Waals surface area contributed by atoms with Crippen molar-refractivity contribution in [3.05, 3.63) is 41.2 Å². The normalized spacial score (nSPS) is 14.8. The van der Waals surface area contributed by atoms with Gasteiger partial charge in [0, 0.05) is 35.7 Å². The molecule has 10 nitrogen and oxygen atoms in total. The molecule has 0 saturated carbocycles. The molecule has 4 aromatic rings. The SMILES string of the molecule is CC(C)n1nc(-c2cnc3[nH]cc(C(=O)N[C@H](C)C(=O)N4CC(C#N)C4)c3n2)c2ccc(Cl)cc21. The van der Waals surface area contributed by atoms with Crippen molar-refractivity contribution >= 4 is 45.5 Å². The highest BCUT2D eigenvalue weighted by Crippen LogP contribution is 2.31. The highest BCUT2D eigenvalue weighted by atomic mass is 35.5. The summed E-state index contributed by atoms with van der Waals surface area (Å²) in [6.07, 6.45) is 3.14. The molecule has 1 fully saturated rings. The van der Waals surface area contributed by atoms with Crippen LogP contribution in [0.1, 0.15) is 37.2 Å². The molecule has 1 aliphatic rings. The number of aromatic amines is 1. The minimum atomic E-state index is -0.737. The van der Waals surface area contributed by atoms with Crippen LogP contribution in [0.2, 0.25) is 5.02 Å². The molecule has 1 aromatic carbocycles. The smallest absolute Gasteiger partial charge is 0.255 e. The summed E-state index contributed by atoms with van der Waals surface area (Å²) in [5.74, 6) is -0.804. The molecule has 0 unspecified atom stereocenters.